The van der Waals surface area contributed by atoms with E-state index >= 15 is 0 Å². The number of benzene rings is 2. The molecule has 0 radical (unpaired) electrons. The van der Waals surface area contributed by atoms with Crippen LogP contribution >= 0.6 is 0 Å². The fourth-order valence-corrected chi connectivity index (χ4v) is 7.43. The first-order chi connectivity index (χ1) is 25.6. The number of aromatic nitrogens is 2. The van der Waals surface area contributed by atoms with Crippen molar-refractivity contribution in [2.45, 2.75) is 97.2 Å². The number of hydrogen-bond donors (Lipinski definition) is 3. The number of hydrogen-bond acceptors (Lipinski definition) is 9. The van der Waals surface area contributed by atoms with E-state index in [0.717, 1.165) is 54.2 Å². The number of allylic oxidation sites excluding steroid dienone is 4. The Morgan fingerprint density at radius 2 is 1.85 bits per heavy atom. The molecule has 12 heteroatoms. The molecule has 1 fully saturated rings. The molecule has 0 aliphatic carbocycles. The first kappa shape index (κ1) is 40.5. The first-order valence-corrected chi connectivity index (χ1v) is 20.0. The number of carboxylic acids is 1. The molecule has 3 aromatic rings. The molecule has 0 saturated carbocycles. The van der Waals surface area contributed by atoms with Crippen LogP contribution in [0.3, 0.4) is 0 Å². The number of nitrogens with one attached hydrogen (secondary N) is 2. The summed E-state index contributed by atoms with van der Waals surface area (Å²) >= 11 is 0. The van der Waals surface area contributed by atoms with E-state index in [1.807, 2.05) is 38.2 Å². The quantitative estimate of drug-likeness (QED) is 0.167. The molecule has 3 N–H and O–H groups in total. The molecule has 0 unspecified atom stereocenters. The summed E-state index contributed by atoms with van der Waals surface area (Å²) < 4.78 is 42.4. The van der Waals surface area contributed by atoms with E-state index in [2.05, 4.69) is 78.9 Å². The highest BCUT2D eigenvalue weighted by Crippen LogP contribution is 2.30. The second-order valence-electron chi connectivity index (χ2n) is 15.5. The fourth-order valence-electron chi connectivity index (χ4n) is 6.44. The summed E-state index contributed by atoms with van der Waals surface area (Å²) in [5.41, 5.74) is 5.22. The number of anilines is 1. The molecule has 0 spiro atoms. The maximum Gasteiger partial charge on any atom is 0.335 e. The third kappa shape index (κ3) is 11.2. The molecular formula is C42H53N5O6S. The highest BCUT2D eigenvalue weighted by Gasteiger charge is 2.32. The van der Waals surface area contributed by atoms with Crippen LogP contribution in [0.4, 0.5) is 5.95 Å². The number of rotatable bonds is 12. The van der Waals surface area contributed by atoms with E-state index in [4.69, 9.17) is 14.5 Å². The number of nitrogens with zero attached hydrogens (tertiary/aromatic N) is 3. The van der Waals surface area contributed by atoms with Crippen LogP contribution in [0.15, 0.2) is 94.5 Å². The second kappa shape index (κ2) is 17.7. The van der Waals surface area contributed by atoms with Crippen molar-refractivity contribution in [2.75, 3.05) is 17.9 Å². The molecule has 0 bridgehead atoms. The van der Waals surface area contributed by atoms with Gasteiger partial charge in [0.15, 0.2) is 0 Å². The van der Waals surface area contributed by atoms with Gasteiger partial charge in [0.1, 0.15) is 6.61 Å². The van der Waals surface area contributed by atoms with Gasteiger partial charge in [0.25, 0.3) is 10.0 Å². The summed E-state index contributed by atoms with van der Waals surface area (Å²) in [6.45, 7) is 15.5. The number of carboxylic acid groups (broad SMARTS) is 1. The number of aliphatic imine (C=N–C) groups is 1. The predicted molar refractivity (Wildman–Crippen MR) is 214 cm³/mol. The summed E-state index contributed by atoms with van der Waals surface area (Å²) in [7, 11) is -4.26. The third-order valence-corrected chi connectivity index (χ3v) is 10.5. The van der Waals surface area contributed by atoms with E-state index in [9.17, 15) is 18.3 Å². The molecule has 0 amide bonds. The van der Waals surface area contributed by atoms with E-state index < -0.39 is 16.0 Å². The molecule has 1 aromatic heterocycles. The molecule has 2 aromatic carbocycles. The minimum absolute atomic E-state index is 0.0760. The molecule has 2 aliphatic rings. The minimum Gasteiger partial charge on any atom is -0.478 e. The van der Waals surface area contributed by atoms with E-state index in [1.54, 1.807) is 6.07 Å². The normalized spacial score (nSPS) is 20.4. The van der Waals surface area contributed by atoms with Gasteiger partial charge in [0, 0.05) is 24.4 Å². The Hall–Kier alpha value is -4.65. The Morgan fingerprint density at radius 1 is 1.11 bits per heavy atom. The van der Waals surface area contributed by atoms with Gasteiger partial charge in [-0.15, -0.1) is 0 Å². The first-order valence-electron chi connectivity index (χ1n) is 18.5. The van der Waals surface area contributed by atoms with Gasteiger partial charge < -0.3 is 19.9 Å². The monoisotopic (exact) mass is 755 g/mol. The van der Waals surface area contributed by atoms with E-state index in [-0.39, 0.29) is 52.5 Å². The molecule has 1 saturated heterocycles. The highest BCUT2D eigenvalue weighted by molar-refractivity contribution is 7.92. The lowest BCUT2D eigenvalue weighted by atomic mass is 9.94. The van der Waals surface area contributed by atoms with E-state index in [0.29, 0.717) is 18.2 Å². The van der Waals surface area contributed by atoms with Gasteiger partial charge in [-0.25, -0.2) is 22.9 Å². The van der Waals surface area contributed by atoms with Gasteiger partial charge >= 0.3 is 5.97 Å². The lowest BCUT2D eigenvalue weighted by Gasteiger charge is -2.29. The van der Waals surface area contributed by atoms with Crippen LogP contribution in [0.5, 0.6) is 5.88 Å². The fraction of sp³-hybridized carbons (Fsp3) is 0.429. The van der Waals surface area contributed by atoms with Crippen LogP contribution in [0.25, 0.3) is 11.3 Å². The van der Waals surface area contributed by atoms with Crippen molar-refractivity contribution in [3.63, 3.8) is 0 Å². The van der Waals surface area contributed by atoms with Gasteiger partial charge in [-0.05, 0) is 91.8 Å². The molecular weight excluding hydrogens is 703 g/mol. The zero-order chi connectivity index (χ0) is 39.0. The van der Waals surface area contributed by atoms with Crippen LogP contribution in [-0.2, 0) is 14.8 Å². The number of aryl methyl sites for hydroxylation is 2. The molecule has 11 nitrogen and oxygen atoms in total. The van der Waals surface area contributed by atoms with Crippen molar-refractivity contribution in [1.29, 1.82) is 0 Å². The van der Waals surface area contributed by atoms with Crippen molar-refractivity contribution in [3.8, 4) is 17.1 Å². The smallest absolute Gasteiger partial charge is 0.335 e. The number of ether oxygens (including phenoxy) is 2. The lowest BCUT2D eigenvalue weighted by Crippen LogP contribution is -2.50. The number of aromatic carboxylic acids is 1. The van der Waals surface area contributed by atoms with Gasteiger partial charge in [-0.2, -0.15) is 4.98 Å². The van der Waals surface area contributed by atoms with Crippen molar-refractivity contribution < 1.29 is 27.8 Å². The molecule has 3 heterocycles. The van der Waals surface area contributed by atoms with Gasteiger partial charge in [0.2, 0.25) is 11.8 Å². The Morgan fingerprint density at radius 3 is 2.56 bits per heavy atom. The molecule has 288 valence electrons. The lowest BCUT2D eigenvalue weighted by molar-refractivity contribution is 0.0170. The summed E-state index contributed by atoms with van der Waals surface area (Å²) in [4.78, 5) is 25.4. The highest BCUT2D eigenvalue weighted by atomic mass is 32.2. The average molecular weight is 756 g/mol. The summed E-state index contributed by atoms with van der Waals surface area (Å²) in [6.07, 6.45) is 13.9. The second-order valence-corrected chi connectivity index (χ2v) is 17.2. The molecule has 3 atom stereocenters. The maximum atomic E-state index is 13.5. The van der Waals surface area contributed by atoms with Crippen LogP contribution in [0, 0.1) is 25.2 Å². The summed E-state index contributed by atoms with van der Waals surface area (Å²) in [5.74, 6) is -0.904. The Kier molecular flexibility index (Phi) is 13.3. The van der Waals surface area contributed by atoms with Crippen molar-refractivity contribution >= 4 is 27.7 Å². The number of sulfonamides is 1. The Bertz CT molecular complexity index is 2030. The Balaban J connectivity index is 1.46. The summed E-state index contributed by atoms with van der Waals surface area (Å²) in [5, 5.41) is 13.3. The van der Waals surface area contributed by atoms with Crippen LogP contribution < -0.4 is 14.8 Å². The zero-order valence-electron chi connectivity index (χ0n) is 32.3. The molecule has 54 heavy (non-hydrogen) atoms. The third-order valence-electron chi connectivity index (χ3n) is 9.20. The SMILES string of the molecule is Cc1cccc(C)c1-c1cc(OC[C@@H]2N[C@H](C3=NC=C(C=CC(C)(C)C)CC/C=C\3)CCO[C@H]2CC(C)C)nc(NS(=O)(=O)c2cccc(C(=O)O)c2)n1. The number of carbonyl (C=O) groups is 1. The average Bonchev–Trinajstić information content (AvgIpc) is 3.28. The van der Waals surface area contributed by atoms with Gasteiger partial charge in [-0.1, -0.05) is 77.1 Å². The predicted octanol–water partition coefficient (Wildman–Crippen LogP) is 8.08. The van der Waals surface area contributed by atoms with E-state index in [1.165, 1.54) is 23.8 Å². The molecule has 2 aliphatic heterocycles. The molecule has 5 rings (SSSR count). The van der Waals surface area contributed by atoms with Crippen LogP contribution in [-0.4, -0.2) is 66.6 Å². The van der Waals surface area contributed by atoms with Crippen molar-refractivity contribution in [2.24, 2.45) is 16.3 Å². The standard InChI is InChI=1S/C42H53N5O6S/c1-27(2)22-37-36(44-34(19-21-52-37)33-17-9-8-14-30(25-43-33)18-20-42(5,6)7)26-53-38-24-35(39-28(3)12-10-13-29(39)4)45-41(46-38)47-54(50,51)32-16-11-15-31(23-32)40(48)49/h9-13,15-18,20,23-25,27,34,36-37,44H,8,14,19,21-22,26H2,1-7H3,(H,48,49)(H,45,46,47)/b17-9-,20-18?,30-25?,43-33?/t34-,36-,37-/m0/s1. The maximum absolute atomic E-state index is 13.5. The Labute approximate surface area is 319 Å². The van der Waals surface area contributed by atoms with Crippen molar-refractivity contribution in [3.05, 3.63) is 101 Å². The van der Waals surface area contributed by atoms with Crippen molar-refractivity contribution in [1.82, 2.24) is 15.3 Å². The van der Waals surface area contributed by atoms with Crippen LogP contribution in [0.1, 0.15) is 81.8 Å². The van der Waals surface area contributed by atoms with Gasteiger partial charge in [-0.3, -0.25) is 4.99 Å². The van der Waals surface area contributed by atoms with Gasteiger partial charge in [0.05, 0.1) is 40.1 Å². The van der Waals surface area contributed by atoms with Crippen LogP contribution in [0.2, 0.25) is 0 Å². The zero-order valence-corrected chi connectivity index (χ0v) is 33.1. The summed E-state index contributed by atoms with van der Waals surface area (Å²) in [6, 6.07) is 12.4. The minimum atomic E-state index is -4.26. The largest absolute Gasteiger partial charge is 0.478 e. The topological polar surface area (TPSA) is 152 Å².